The second-order valence-corrected chi connectivity index (χ2v) is 3.06. The van der Waals surface area contributed by atoms with Gasteiger partial charge in [0.2, 0.25) is 0 Å². The van der Waals surface area contributed by atoms with E-state index in [1.54, 1.807) is 11.3 Å². The molecule has 0 aliphatic rings. The first-order valence-electron chi connectivity index (χ1n) is 3.27. The van der Waals surface area contributed by atoms with Gasteiger partial charge in [0.15, 0.2) is 5.96 Å². The van der Waals surface area contributed by atoms with Crippen molar-refractivity contribution in [2.45, 2.75) is 13.5 Å². The van der Waals surface area contributed by atoms with Crippen LogP contribution in [0.5, 0.6) is 0 Å². The lowest BCUT2D eigenvalue weighted by Gasteiger charge is -1.93. The molecule has 1 rings (SSSR count). The number of nitrogens with two attached hydrogens (primary N) is 2. The fraction of sp³-hybridized carbons (Fsp3) is 0.286. The average Bonchev–Trinajstić information content (AvgIpc) is 2.31. The Morgan fingerprint density at radius 3 is 2.73 bits per heavy atom. The summed E-state index contributed by atoms with van der Waals surface area (Å²) in [6, 6.07) is 0. The van der Waals surface area contributed by atoms with Crippen LogP contribution in [0, 0.1) is 6.92 Å². The summed E-state index contributed by atoms with van der Waals surface area (Å²) in [4.78, 5) is 3.91. The third-order valence-electron chi connectivity index (χ3n) is 1.39. The van der Waals surface area contributed by atoms with Gasteiger partial charge in [-0.25, -0.2) is 4.99 Å². The lowest BCUT2D eigenvalue weighted by atomic mass is 10.2. The number of thiophene rings is 1. The number of hydrogen-bond acceptors (Lipinski definition) is 2. The summed E-state index contributed by atoms with van der Waals surface area (Å²) in [5.74, 6) is 0.149. The standard InChI is InChI=1S/C7H11N3S/c1-5-3-11-4-6(5)2-10-7(8)9/h3-4H,2H2,1H3,(H4,8,9,10). The van der Waals surface area contributed by atoms with Crippen molar-refractivity contribution in [2.24, 2.45) is 16.5 Å². The van der Waals surface area contributed by atoms with Crippen LogP contribution in [0.15, 0.2) is 15.8 Å². The lowest BCUT2D eigenvalue weighted by Crippen LogP contribution is -2.22. The minimum atomic E-state index is 0.149. The Morgan fingerprint density at radius 2 is 2.27 bits per heavy atom. The minimum Gasteiger partial charge on any atom is -0.370 e. The highest BCUT2D eigenvalue weighted by Gasteiger charge is 1.96. The normalized spacial score (nSPS) is 9.55. The van der Waals surface area contributed by atoms with Crippen LogP contribution in [0.1, 0.15) is 11.1 Å². The van der Waals surface area contributed by atoms with Gasteiger partial charge in [-0.05, 0) is 28.8 Å². The van der Waals surface area contributed by atoms with Gasteiger partial charge in [0, 0.05) is 0 Å². The van der Waals surface area contributed by atoms with Crippen molar-refractivity contribution in [2.75, 3.05) is 0 Å². The molecule has 0 aliphatic carbocycles. The molecule has 0 aliphatic heterocycles. The first kappa shape index (κ1) is 8.07. The van der Waals surface area contributed by atoms with Gasteiger partial charge >= 0.3 is 0 Å². The van der Waals surface area contributed by atoms with Gasteiger partial charge in [-0.2, -0.15) is 11.3 Å². The van der Waals surface area contributed by atoms with E-state index >= 15 is 0 Å². The molecule has 0 spiro atoms. The van der Waals surface area contributed by atoms with E-state index in [-0.39, 0.29) is 5.96 Å². The van der Waals surface area contributed by atoms with Crippen LogP contribution in [0.4, 0.5) is 0 Å². The molecule has 0 radical (unpaired) electrons. The second-order valence-electron chi connectivity index (χ2n) is 2.32. The van der Waals surface area contributed by atoms with Crippen LogP contribution in [-0.4, -0.2) is 5.96 Å². The summed E-state index contributed by atoms with van der Waals surface area (Å²) in [6.45, 7) is 2.64. The molecule has 0 aromatic carbocycles. The van der Waals surface area contributed by atoms with Crippen molar-refractivity contribution in [3.8, 4) is 0 Å². The molecule has 0 bridgehead atoms. The second kappa shape index (κ2) is 3.39. The van der Waals surface area contributed by atoms with Crippen LogP contribution in [0.25, 0.3) is 0 Å². The van der Waals surface area contributed by atoms with Crippen molar-refractivity contribution in [3.63, 3.8) is 0 Å². The van der Waals surface area contributed by atoms with E-state index in [0.717, 1.165) is 0 Å². The number of hydrogen-bond donors (Lipinski definition) is 2. The van der Waals surface area contributed by atoms with Crippen LogP contribution < -0.4 is 11.5 Å². The Kier molecular flexibility index (Phi) is 2.48. The molecule has 0 saturated heterocycles. The summed E-state index contributed by atoms with van der Waals surface area (Å²) in [5.41, 5.74) is 12.8. The Balaban J connectivity index is 2.65. The van der Waals surface area contributed by atoms with Gasteiger partial charge in [0.25, 0.3) is 0 Å². The highest BCUT2D eigenvalue weighted by Crippen LogP contribution is 2.13. The Hall–Kier alpha value is -1.03. The first-order valence-corrected chi connectivity index (χ1v) is 4.21. The number of rotatable bonds is 2. The zero-order chi connectivity index (χ0) is 8.27. The molecule has 11 heavy (non-hydrogen) atoms. The van der Waals surface area contributed by atoms with E-state index in [9.17, 15) is 0 Å². The van der Waals surface area contributed by atoms with E-state index < -0.39 is 0 Å². The quantitative estimate of drug-likeness (QED) is 0.508. The van der Waals surface area contributed by atoms with Crippen molar-refractivity contribution >= 4 is 17.3 Å². The molecule has 1 heterocycles. The number of aliphatic imine (C=N–C) groups is 1. The Morgan fingerprint density at radius 1 is 1.55 bits per heavy atom. The van der Waals surface area contributed by atoms with Gasteiger partial charge < -0.3 is 11.5 Å². The molecule has 60 valence electrons. The van der Waals surface area contributed by atoms with Crippen molar-refractivity contribution in [3.05, 3.63) is 21.9 Å². The molecular weight excluding hydrogens is 158 g/mol. The predicted molar refractivity (Wildman–Crippen MR) is 48.6 cm³/mol. The SMILES string of the molecule is Cc1cscc1CN=C(N)N. The number of nitrogens with zero attached hydrogens (tertiary/aromatic N) is 1. The van der Waals surface area contributed by atoms with Gasteiger partial charge in [0.05, 0.1) is 6.54 Å². The molecule has 3 nitrogen and oxygen atoms in total. The van der Waals surface area contributed by atoms with Gasteiger partial charge in [0.1, 0.15) is 0 Å². The number of aryl methyl sites for hydroxylation is 1. The third-order valence-corrected chi connectivity index (χ3v) is 2.30. The van der Waals surface area contributed by atoms with Crippen LogP contribution in [0.2, 0.25) is 0 Å². The first-order chi connectivity index (χ1) is 5.20. The number of guanidine groups is 1. The molecule has 0 saturated carbocycles. The summed E-state index contributed by atoms with van der Waals surface area (Å²) in [6.07, 6.45) is 0. The topological polar surface area (TPSA) is 64.4 Å². The maximum absolute atomic E-state index is 5.19. The van der Waals surface area contributed by atoms with E-state index in [0.29, 0.717) is 6.54 Å². The van der Waals surface area contributed by atoms with Crippen molar-refractivity contribution in [1.82, 2.24) is 0 Å². The molecule has 0 unspecified atom stereocenters. The molecule has 0 atom stereocenters. The van der Waals surface area contributed by atoms with Gasteiger partial charge in [-0.1, -0.05) is 0 Å². The molecule has 0 amide bonds. The van der Waals surface area contributed by atoms with Crippen LogP contribution >= 0.6 is 11.3 Å². The smallest absolute Gasteiger partial charge is 0.186 e. The van der Waals surface area contributed by atoms with E-state index in [1.807, 2.05) is 6.92 Å². The average molecular weight is 169 g/mol. The monoisotopic (exact) mass is 169 g/mol. The summed E-state index contributed by atoms with van der Waals surface area (Å²) in [5, 5.41) is 4.14. The molecule has 4 N–H and O–H groups in total. The van der Waals surface area contributed by atoms with Crippen molar-refractivity contribution in [1.29, 1.82) is 0 Å². The Labute approximate surface area is 69.7 Å². The summed E-state index contributed by atoms with van der Waals surface area (Å²) < 4.78 is 0. The van der Waals surface area contributed by atoms with Gasteiger partial charge in [-0.3, -0.25) is 0 Å². The van der Waals surface area contributed by atoms with Crippen LogP contribution in [0.3, 0.4) is 0 Å². The highest BCUT2D eigenvalue weighted by molar-refractivity contribution is 7.08. The molecule has 4 heteroatoms. The van der Waals surface area contributed by atoms with Crippen LogP contribution in [-0.2, 0) is 6.54 Å². The fourth-order valence-corrected chi connectivity index (χ4v) is 1.57. The highest BCUT2D eigenvalue weighted by atomic mass is 32.1. The fourth-order valence-electron chi connectivity index (χ4n) is 0.725. The third kappa shape index (κ3) is 2.23. The molecule has 1 aromatic rings. The summed E-state index contributed by atoms with van der Waals surface area (Å²) in [7, 11) is 0. The maximum atomic E-state index is 5.19. The predicted octanol–water partition coefficient (Wildman–Crippen LogP) is 0.830. The Bertz CT molecular complexity index is 260. The minimum absolute atomic E-state index is 0.149. The zero-order valence-electron chi connectivity index (χ0n) is 6.37. The molecule has 0 fully saturated rings. The zero-order valence-corrected chi connectivity index (χ0v) is 7.19. The van der Waals surface area contributed by atoms with E-state index in [4.69, 9.17) is 11.5 Å². The lowest BCUT2D eigenvalue weighted by molar-refractivity contribution is 1.05. The van der Waals surface area contributed by atoms with Crippen molar-refractivity contribution < 1.29 is 0 Å². The van der Waals surface area contributed by atoms with E-state index in [2.05, 4.69) is 15.8 Å². The maximum Gasteiger partial charge on any atom is 0.186 e. The van der Waals surface area contributed by atoms with Gasteiger partial charge in [-0.15, -0.1) is 0 Å². The largest absolute Gasteiger partial charge is 0.370 e. The summed E-state index contributed by atoms with van der Waals surface area (Å²) >= 11 is 1.67. The molecular formula is C7H11N3S. The van der Waals surface area contributed by atoms with E-state index in [1.165, 1.54) is 11.1 Å². The molecule has 1 aromatic heterocycles.